The molecule has 4 rings (SSSR count). The standard InChI is InChI=1S/C22H23N5O2S/c1-3-4-13-26-20(29)17-7-5-6-8-18(17)27-21(26)24-25-22(27)30-14-19(28)23-16-11-9-15(2)10-12-16/h5-12H,3-4,13-14H2,1-2H3,(H,23,28). The van der Waals surface area contributed by atoms with E-state index in [9.17, 15) is 9.59 Å². The molecule has 2 heterocycles. The molecule has 0 saturated heterocycles. The lowest BCUT2D eigenvalue weighted by atomic mass is 10.2. The number of fused-ring (bicyclic) bond motifs is 3. The molecule has 2 aromatic heterocycles. The smallest absolute Gasteiger partial charge is 0.262 e. The summed E-state index contributed by atoms with van der Waals surface area (Å²) >= 11 is 1.30. The fourth-order valence-corrected chi connectivity index (χ4v) is 4.05. The van der Waals surface area contributed by atoms with Crippen molar-refractivity contribution in [3.8, 4) is 0 Å². The molecule has 4 aromatic rings. The van der Waals surface area contributed by atoms with Crippen molar-refractivity contribution in [3.05, 3.63) is 64.4 Å². The van der Waals surface area contributed by atoms with Crippen molar-refractivity contribution in [2.24, 2.45) is 0 Å². The van der Waals surface area contributed by atoms with Crippen molar-refractivity contribution >= 4 is 40.0 Å². The van der Waals surface area contributed by atoms with Crippen molar-refractivity contribution < 1.29 is 4.79 Å². The second-order valence-electron chi connectivity index (χ2n) is 7.15. The molecule has 0 fully saturated rings. The van der Waals surface area contributed by atoms with Gasteiger partial charge in [-0.15, -0.1) is 10.2 Å². The number of hydrogen-bond donors (Lipinski definition) is 1. The van der Waals surface area contributed by atoms with Gasteiger partial charge in [0.2, 0.25) is 11.7 Å². The molecule has 0 bridgehead atoms. The minimum Gasteiger partial charge on any atom is -0.325 e. The molecule has 0 aliphatic heterocycles. The molecule has 7 nitrogen and oxygen atoms in total. The molecule has 0 aliphatic carbocycles. The molecular weight excluding hydrogens is 398 g/mol. The van der Waals surface area contributed by atoms with Gasteiger partial charge in [-0.1, -0.05) is 54.9 Å². The molecular formula is C22H23N5O2S. The summed E-state index contributed by atoms with van der Waals surface area (Å²) < 4.78 is 3.55. The van der Waals surface area contributed by atoms with Gasteiger partial charge in [-0.05, 0) is 37.6 Å². The lowest BCUT2D eigenvalue weighted by molar-refractivity contribution is -0.113. The van der Waals surface area contributed by atoms with Crippen LogP contribution in [0.4, 0.5) is 5.69 Å². The van der Waals surface area contributed by atoms with Crippen LogP contribution in [0.15, 0.2) is 58.5 Å². The quantitative estimate of drug-likeness (QED) is 0.458. The van der Waals surface area contributed by atoms with E-state index in [1.807, 2.05) is 59.9 Å². The highest BCUT2D eigenvalue weighted by Gasteiger charge is 2.17. The second-order valence-corrected chi connectivity index (χ2v) is 8.09. The molecule has 8 heteroatoms. The lowest BCUT2D eigenvalue weighted by Crippen LogP contribution is -2.23. The van der Waals surface area contributed by atoms with Crippen LogP contribution in [-0.4, -0.2) is 30.8 Å². The maximum atomic E-state index is 13.0. The molecule has 2 aromatic carbocycles. The summed E-state index contributed by atoms with van der Waals surface area (Å²) in [5.74, 6) is 0.578. The Kier molecular flexibility index (Phi) is 5.85. The Morgan fingerprint density at radius 3 is 2.63 bits per heavy atom. The number of hydrogen-bond acceptors (Lipinski definition) is 5. The zero-order valence-corrected chi connectivity index (χ0v) is 17.8. The Bertz CT molecular complexity index is 1260. The summed E-state index contributed by atoms with van der Waals surface area (Å²) in [5, 5.41) is 12.7. The molecule has 0 aliphatic rings. The largest absolute Gasteiger partial charge is 0.325 e. The minimum atomic E-state index is -0.121. The maximum absolute atomic E-state index is 13.0. The van der Waals surface area contributed by atoms with Crippen molar-refractivity contribution in [2.75, 3.05) is 11.1 Å². The monoisotopic (exact) mass is 421 g/mol. The predicted octanol–water partition coefficient (Wildman–Crippen LogP) is 3.88. The highest BCUT2D eigenvalue weighted by atomic mass is 32.2. The summed E-state index contributed by atoms with van der Waals surface area (Å²) in [6.45, 7) is 4.67. The summed E-state index contributed by atoms with van der Waals surface area (Å²) in [5.41, 5.74) is 2.58. The van der Waals surface area contributed by atoms with E-state index >= 15 is 0 Å². The Hall–Kier alpha value is -3.13. The third kappa shape index (κ3) is 3.95. The summed E-state index contributed by atoms with van der Waals surface area (Å²) in [6, 6.07) is 15.1. The molecule has 0 radical (unpaired) electrons. The molecule has 30 heavy (non-hydrogen) atoms. The number of aryl methyl sites for hydroxylation is 2. The molecule has 0 spiro atoms. The van der Waals surface area contributed by atoms with E-state index < -0.39 is 0 Å². The number of thioether (sulfide) groups is 1. The fraction of sp³-hybridized carbons (Fsp3) is 0.273. The number of unbranched alkanes of at least 4 members (excludes halogenated alkanes) is 1. The first kappa shape index (κ1) is 20.2. The van der Waals surface area contributed by atoms with Gasteiger partial charge in [0.05, 0.1) is 16.7 Å². The van der Waals surface area contributed by atoms with Crippen LogP contribution in [0.2, 0.25) is 0 Å². The normalized spacial score (nSPS) is 11.3. The van der Waals surface area contributed by atoms with E-state index in [1.165, 1.54) is 11.8 Å². The zero-order valence-electron chi connectivity index (χ0n) is 17.0. The second kappa shape index (κ2) is 8.71. The number of para-hydroxylation sites is 1. The highest BCUT2D eigenvalue weighted by molar-refractivity contribution is 7.99. The average molecular weight is 422 g/mol. The lowest BCUT2D eigenvalue weighted by Gasteiger charge is -2.11. The number of benzene rings is 2. The van der Waals surface area contributed by atoms with Crippen LogP contribution >= 0.6 is 11.8 Å². The van der Waals surface area contributed by atoms with Crippen LogP contribution in [0.25, 0.3) is 16.7 Å². The van der Waals surface area contributed by atoms with Crippen LogP contribution in [0.3, 0.4) is 0 Å². The van der Waals surface area contributed by atoms with Gasteiger partial charge in [0.25, 0.3) is 5.56 Å². The van der Waals surface area contributed by atoms with Gasteiger partial charge < -0.3 is 5.32 Å². The van der Waals surface area contributed by atoms with E-state index in [2.05, 4.69) is 22.4 Å². The van der Waals surface area contributed by atoms with Crippen LogP contribution in [0.1, 0.15) is 25.3 Å². The van der Waals surface area contributed by atoms with Gasteiger partial charge in [0.15, 0.2) is 5.16 Å². The third-order valence-corrected chi connectivity index (χ3v) is 5.81. The predicted molar refractivity (Wildman–Crippen MR) is 120 cm³/mol. The molecule has 0 atom stereocenters. The molecule has 154 valence electrons. The fourth-order valence-electron chi connectivity index (χ4n) is 3.31. The van der Waals surface area contributed by atoms with Gasteiger partial charge >= 0.3 is 0 Å². The van der Waals surface area contributed by atoms with E-state index in [4.69, 9.17) is 0 Å². The molecule has 0 saturated carbocycles. The summed E-state index contributed by atoms with van der Waals surface area (Å²) in [4.78, 5) is 25.4. The van der Waals surface area contributed by atoms with E-state index in [-0.39, 0.29) is 17.2 Å². The summed E-state index contributed by atoms with van der Waals surface area (Å²) in [7, 11) is 0. The SMILES string of the molecule is CCCCn1c(=O)c2ccccc2n2c(SCC(=O)Nc3ccc(C)cc3)nnc12. The zero-order chi connectivity index (χ0) is 21.1. The number of nitrogens with one attached hydrogen (secondary N) is 1. The topological polar surface area (TPSA) is 81.3 Å². The molecule has 0 unspecified atom stereocenters. The Labute approximate surface area is 178 Å². The van der Waals surface area contributed by atoms with E-state index in [0.717, 1.165) is 29.6 Å². The number of carbonyl (C=O) groups is 1. The van der Waals surface area contributed by atoms with Crippen LogP contribution in [-0.2, 0) is 11.3 Å². The van der Waals surface area contributed by atoms with Crippen molar-refractivity contribution in [3.63, 3.8) is 0 Å². The Morgan fingerprint density at radius 1 is 1.10 bits per heavy atom. The van der Waals surface area contributed by atoms with Crippen LogP contribution in [0.5, 0.6) is 0 Å². The molecule has 1 amide bonds. The third-order valence-electron chi connectivity index (χ3n) is 4.88. The van der Waals surface area contributed by atoms with Gasteiger partial charge in [0, 0.05) is 12.2 Å². The first-order valence-electron chi connectivity index (χ1n) is 9.94. The highest BCUT2D eigenvalue weighted by Crippen LogP contribution is 2.22. The number of anilines is 1. The first-order valence-corrected chi connectivity index (χ1v) is 10.9. The minimum absolute atomic E-state index is 0.0624. The van der Waals surface area contributed by atoms with Gasteiger partial charge in [-0.2, -0.15) is 0 Å². The Morgan fingerprint density at radius 2 is 1.87 bits per heavy atom. The number of carbonyl (C=O) groups excluding carboxylic acids is 1. The van der Waals surface area contributed by atoms with Crippen molar-refractivity contribution in [2.45, 2.75) is 38.4 Å². The Balaban J connectivity index is 1.64. The maximum Gasteiger partial charge on any atom is 0.262 e. The van der Waals surface area contributed by atoms with Crippen molar-refractivity contribution in [1.82, 2.24) is 19.2 Å². The number of aromatic nitrogens is 4. The van der Waals surface area contributed by atoms with Crippen molar-refractivity contribution in [1.29, 1.82) is 0 Å². The van der Waals surface area contributed by atoms with E-state index in [1.54, 1.807) is 4.57 Å². The van der Waals surface area contributed by atoms with Crippen LogP contribution < -0.4 is 10.9 Å². The van der Waals surface area contributed by atoms with Gasteiger partial charge in [-0.3, -0.25) is 18.6 Å². The van der Waals surface area contributed by atoms with E-state index in [0.29, 0.717) is 22.9 Å². The van der Waals surface area contributed by atoms with Crippen LogP contribution in [0, 0.1) is 6.92 Å². The van der Waals surface area contributed by atoms with Gasteiger partial charge in [-0.25, -0.2) is 0 Å². The van der Waals surface area contributed by atoms with Gasteiger partial charge in [0.1, 0.15) is 0 Å². The average Bonchev–Trinajstić information content (AvgIpc) is 3.18. The summed E-state index contributed by atoms with van der Waals surface area (Å²) in [6.07, 6.45) is 1.85. The molecule has 1 N–H and O–H groups in total. The number of nitrogens with zero attached hydrogens (tertiary/aromatic N) is 4. The number of amides is 1. The number of rotatable bonds is 7. The first-order chi connectivity index (χ1) is 14.6.